The van der Waals surface area contributed by atoms with E-state index < -0.39 is 0 Å². The van der Waals surface area contributed by atoms with Gasteiger partial charge in [0.15, 0.2) is 11.5 Å². The minimum Gasteiger partial charge on any atom is -0.493 e. The van der Waals surface area contributed by atoms with E-state index >= 15 is 0 Å². The predicted octanol–water partition coefficient (Wildman–Crippen LogP) is 4.02. The van der Waals surface area contributed by atoms with Crippen molar-refractivity contribution in [3.63, 3.8) is 0 Å². The maximum atomic E-state index is 5.59. The molecule has 0 saturated carbocycles. The number of ether oxygens (including phenoxy) is 2. The summed E-state index contributed by atoms with van der Waals surface area (Å²) in [7, 11) is 1.66. The first-order valence-electron chi connectivity index (χ1n) is 8.02. The maximum Gasteiger partial charge on any atom is 0.161 e. The Bertz CT molecular complexity index is 662. The van der Waals surface area contributed by atoms with Gasteiger partial charge in [-0.25, -0.2) is 0 Å². The van der Waals surface area contributed by atoms with E-state index in [9.17, 15) is 0 Å². The lowest BCUT2D eigenvalue weighted by molar-refractivity contribution is 0.326. The van der Waals surface area contributed by atoms with E-state index in [0.717, 1.165) is 43.1 Å². The van der Waals surface area contributed by atoms with Gasteiger partial charge >= 0.3 is 0 Å². The summed E-state index contributed by atoms with van der Waals surface area (Å²) < 4.78 is 16.5. The van der Waals surface area contributed by atoms with Crippen LogP contribution in [0.4, 0.5) is 0 Å². The summed E-state index contributed by atoms with van der Waals surface area (Å²) in [6.45, 7) is 4.92. The monoisotopic (exact) mass is 313 g/mol. The molecule has 23 heavy (non-hydrogen) atoms. The summed E-state index contributed by atoms with van der Waals surface area (Å²) in [5.41, 5.74) is 2.47. The molecule has 1 aromatic heterocycles. The van der Waals surface area contributed by atoms with Crippen molar-refractivity contribution >= 4 is 0 Å². The van der Waals surface area contributed by atoms with E-state index in [-0.39, 0.29) is 0 Å². The van der Waals surface area contributed by atoms with Crippen molar-refractivity contribution in [2.75, 3.05) is 13.7 Å². The molecule has 0 saturated heterocycles. The number of rotatable bonds is 7. The van der Waals surface area contributed by atoms with Gasteiger partial charge in [-0.15, -0.1) is 0 Å². The van der Waals surface area contributed by atoms with E-state index in [1.165, 1.54) is 11.1 Å². The Labute approximate surface area is 137 Å². The second-order valence-corrected chi connectivity index (χ2v) is 5.71. The molecule has 3 rings (SSSR count). The molecule has 1 aliphatic carbocycles. The van der Waals surface area contributed by atoms with Gasteiger partial charge in [-0.3, -0.25) is 0 Å². The molecule has 4 nitrogen and oxygen atoms in total. The molecular weight excluding hydrogens is 290 g/mol. The Balaban J connectivity index is 1.66. The van der Waals surface area contributed by atoms with Gasteiger partial charge in [0.1, 0.15) is 12.4 Å². The first-order valence-corrected chi connectivity index (χ1v) is 8.02. The molecule has 0 aliphatic heterocycles. The van der Waals surface area contributed by atoms with Gasteiger partial charge in [0, 0.05) is 24.6 Å². The third-order valence-corrected chi connectivity index (χ3v) is 4.19. The third-order valence-electron chi connectivity index (χ3n) is 4.19. The number of furan rings is 1. The molecule has 0 amide bonds. The SMILES string of the molecule is C=CCOc1ccc(CNC2CCCc3occc32)cc1OC. The van der Waals surface area contributed by atoms with Crippen LogP contribution in [0.1, 0.15) is 35.8 Å². The number of aryl methyl sites for hydroxylation is 1. The normalized spacial score (nSPS) is 16.7. The molecule has 1 N–H and O–H groups in total. The van der Waals surface area contributed by atoms with Crippen LogP contribution in [0.25, 0.3) is 0 Å². The highest BCUT2D eigenvalue weighted by atomic mass is 16.5. The zero-order chi connectivity index (χ0) is 16.1. The number of hydrogen-bond donors (Lipinski definition) is 1. The Kier molecular flexibility index (Phi) is 5.03. The highest BCUT2D eigenvalue weighted by Crippen LogP contribution is 2.32. The van der Waals surface area contributed by atoms with Gasteiger partial charge in [0.05, 0.1) is 13.4 Å². The fourth-order valence-corrected chi connectivity index (χ4v) is 3.03. The first-order chi connectivity index (χ1) is 11.3. The van der Waals surface area contributed by atoms with Crippen LogP contribution < -0.4 is 14.8 Å². The lowest BCUT2D eigenvalue weighted by Crippen LogP contribution is -2.24. The van der Waals surface area contributed by atoms with Crippen LogP contribution in [0.5, 0.6) is 11.5 Å². The van der Waals surface area contributed by atoms with Crippen molar-refractivity contribution in [3.05, 3.63) is 60.1 Å². The summed E-state index contributed by atoms with van der Waals surface area (Å²) >= 11 is 0. The van der Waals surface area contributed by atoms with E-state index in [4.69, 9.17) is 13.9 Å². The molecule has 0 radical (unpaired) electrons. The van der Waals surface area contributed by atoms with Crippen LogP contribution in [0.2, 0.25) is 0 Å². The average molecular weight is 313 g/mol. The molecule has 0 fully saturated rings. The number of nitrogens with one attached hydrogen (secondary N) is 1. The van der Waals surface area contributed by atoms with Crippen molar-refractivity contribution in [2.24, 2.45) is 0 Å². The fraction of sp³-hybridized carbons (Fsp3) is 0.368. The average Bonchev–Trinajstić information content (AvgIpc) is 3.07. The Morgan fingerprint density at radius 1 is 1.35 bits per heavy atom. The van der Waals surface area contributed by atoms with Crippen LogP contribution in [0.3, 0.4) is 0 Å². The van der Waals surface area contributed by atoms with E-state index in [1.54, 1.807) is 19.4 Å². The number of benzene rings is 1. The minimum absolute atomic E-state index is 0.361. The molecule has 1 heterocycles. The standard InChI is InChI=1S/C19H23NO3/c1-3-10-22-18-8-7-14(12-19(18)21-2)13-20-16-5-4-6-17-15(16)9-11-23-17/h3,7-9,11-12,16,20H,1,4-6,10,13H2,2H3. The zero-order valence-corrected chi connectivity index (χ0v) is 13.5. The smallest absolute Gasteiger partial charge is 0.161 e. The second kappa shape index (κ2) is 7.38. The molecule has 0 bridgehead atoms. The first kappa shape index (κ1) is 15.7. The molecule has 122 valence electrons. The van der Waals surface area contributed by atoms with Crippen LogP contribution in [0, 0.1) is 0 Å². The Morgan fingerprint density at radius 3 is 3.09 bits per heavy atom. The van der Waals surface area contributed by atoms with Crippen molar-refractivity contribution in [2.45, 2.75) is 31.8 Å². The Morgan fingerprint density at radius 2 is 2.26 bits per heavy atom. The van der Waals surface area contributed by atoms with Crippen molar-refractivity contribution in [1.82, 2.24) is 5.32 Å². The molecule has 1 aromatic carbocycles. The quantitative estimate of drug-likeness (QED) is 0.784. The van der Waals surface area contributed by atoms with Crippen molar-refractivity contribution in [3.8, 4) is 11.5 Å². The van der Waals surface area contributed by atoms with Gasteiger partial charge in [0.25, 0.3) is 0 Å². The number of methoxy groups -OCH3 is 1. The third kappa shape index (κ3) is 3.59. The van der Waals surface area contributed by atoms with Crippen LogP contribution in [0.15, 0.2) is 47.6 Å². The number of hydrogen-bond acceptors (Lipinski definition) is 4. The van der Waals surface area contributed by atoms with E-state index in [1.807, 2.05) is 12.1 Å². The van der Waals surface area contributed by atoms with Crippen molar-refractivity contribution in [1.29, 1.82) is 0 Å². The summed E-state index contributed by atoms with van der Waals surface area (Å²) in [5, 5.41) is 3.62. The topological polar surface area (TPSA) is 43.6 Å². The molecule has 1 aliphatic rings. The van der Waals surface area contributed by atoms with Crippen molar-refractivity contribution < 1.29 is 13.9 Å². The van der Waals surface area contributed by atoms with E-state index in [0.29, 0.717) is 12.6 Å². The summed E-state index contributed by atoms with van der Waals surface area (Å²) in [6.07, 6.45) is 6.86. The fourth-order valence-electron chi connectivity index (χ4n) is 3.03. The molecule has 0 spiro atoms. The van der Waals surface area contributed by atoms with Gasteiger partial charge in [-0.1, -0.05) is 18.7 Å². The summed E-state index contributed by atoms with van der Waals surface area (Å²) in [6, 6.07) is 8.47. The van der Waals surface area contributed by atoms with E-state index in [2.05, 4.69) is 24.0 Å². The van der Waals surface area contributed by atoms with Crippen LogP contribution >= 0.6 is 0 Å². The Hall–Kier alpha value is -2.20. The summed E-state index contributed by atoms with van der Waals surface area (Å²) in [5.74, 6) is 2.62. The molecule has 1 atom stereocenters. The molecule has 1 unspecified atom stereocenters. The summed E-state index contributed by atoms with van der Waals surface area (Å²) in [4.78, 5) is 0. The number of fused-ring (bicyclic) bond motifs is 1. The molecule has 4 heteroatoms. The molecule has 2 aromatic rings. The highest BCUT2D eigenvalue weighted by Gasteiger charge is 2.22. The maximum absolute atomic E-state index is 5.59. The van der Waals surface area contributed by atoms with Crippen LogP contribution in [-0.2, 0) is 13.0 Å². The molecular formula is C19H23NO3. The largest absolute Gasteiger partial charge is 0.493 e. The van der Waals surface area contributed by atoms with Crippen LogP contribution in [-0.4, -0.2) is 13.7 Å². The zero-order valence-electron chi connectivity index (χ0n) is 13.5. The van der Waals surface area contributed by atoms with Gasteiger partial charge in [0.2, 0.25) is 0 Å². The highest BCUT2D eigenvalue weighted by molar-refractivity contribution is 5.43. The minimum atomic E-state index is 0.361. The lowest BCUT2D eigenvalue weighted by Gasteiger charge is -2.23. The van der Waals surface area contributed by atoms with Gasteiger partial charge < -0.3 is 19.2 Å². The predicted molar refractivity (Wildman–Crippen MR) is 89.9 cm³/mol. The lowest BCUT2D eigenvalue weighted by atomic mass is 9.93. The van der Waals surface area contributed by atoms with Gasteiger partial charge in [-0.2, -0.15) is 0 Å². The second-order valence-electron chi connectivity index (χ2n) is 5.71. The van der Waals surface area contributed by atoms with Gasteiger partial charge in [-0.05, 0) is 36.6 Å².